The molecule has 0 saturated heterocycles. The summed E-state index contributed by atoms with van der Waals surface area (Å²) in [6, 6.07) is 0. The van der Waals surface area contributed by atoms with E-state index in [0.717, 1.165) is 48.1 Å². The average molecular weight is 271 g/mol. The molecule has 1 aromatic heterocycles. The summed E-state index contributed by atoms with van der Waals surface area (Å²) in [5.41, 5.74) is 6.82. The lowest BCUT2D eigenvalue weighted by atomic mass is 10.2. The van der Waals surface area contributed by atoms with Gasteiger partial charge >= 0.3 is 0 Å². The molecule has 0 aromatic carbocycles. The van der Waals surface area contributed by atoms with Gasteiger partial charge in [0.1, 0.15) is 10.00 Å². The van der Waals surface area contributed by atoms with Crippen molar-refractivity contribution in [3.05, 3.63) is 15.6 Å². The first-order chi connectivity index (χ1) is 8.12. The van der Waals surface area contributed by atoms with Crippen molar-refractivity contribution in [3.63, 3.8) is 0 Å². The van der Waals surface area contributed by atoms with Crippen LogP contribution in [0.4, 0.5) is 0 Å². The SMILES string of the molecule is CCCc1nc(CN(CC)CC)sc1C(N)=S. The van der Waals surface area contributed by atoms with Crippen molar-refractivity contribution in [2.24, 2.45) is 5.73 Å². The summed E-state index contributed by atoms with van der Waals surface area (Å²) in [7, 11) is 0. The van der Waals surface area contributed by atoms with Gasteiger partial charge < -0.3 is 5.73 Å². The third kappa shape index (κ3) is 4.01. The van der Waals surface area contributed by atoms with E-state index >= 15 is 0 Å². The summed E-state index contributed by atoms with van der Waals surface area (Å²) in [4.78, 5) is 8.50. The molecule has 0 fully saturated rings. The fourth-order valence-electron chi connectivity index (χ4n) is 1.71. The number of nitrogens with two attached hydrogens (primary N) is 1. The summed E-state index contributed by atoms with van der Waals surface area (Å²) in [5, 5.41) is 1.12. The van der Waals surface area contributed by atoms with Gasteiger partial charge in [-0.3, -0.25) is 4.90 Å². The number of hydrogen-bond acceptors (Lipinski definition) is 4. The van der Waals surface area contributed by atoms with Crippen LogP contribution in [0, 0.1) is 0 Å². The Kier molecular flexibility index (Phi) is 6.02. The van der Waals surface area contributed by atoms with Crippen molar-refractivity contribution in [2.45, 2.75) is 40.2 Å². The quantitative estimate of drug-likeness (QED) is 0.774. The number of thiazole rings is 1. The van der Waals surface area contributed by atoms with Crippen molar-refractivity contribution < 1.29 is 0 Å². The summed E-state index contributed by atoms with van der Waals surface area (Å²) in [6.45, 7) is 9.46. The Morgan fingerprint density at radius 3 is 2.47 bits per heavy atom. The lowest BCUT2D eigenvalue weighted by Crippen LogP contribution is -2.21. The predicted molar refractivity (Wildman–Crippen MR) is 78.6 cm³/mol. The molecular formula is C12H21N3S2. The number of thiocarbonyl (C=S) groups is 1. The van der Waals surface area contributed by atoms with Crippen molar-refractivity contribution in [3.8, 4) is 0 Å². The van der Waals surface area contributed by atoms with Crippen LogP contribution in [-0.4, -0.2) is 28.0 Å². The highest BCUT2D eigenvalue weighted by atomic mass is 32.1. The van der Waals surface area contributed by atoms with Crippen LogP contribution in [0.1, 0.15) is 42.8 Å². The Hall–Kier alpha value is -0.520. The molecule has 0 aliphatic carbocycles. The Labute approximate surface area is 113 Å². The van der Waals surface area contributed by atoms with Crippen LogP contribution in [0.25, 0.3) is 0 Å². The molecule has 0 saturated carbocycles. The molecule has 1 rings (SSSR count). The lowest BCUT2D eigenvalue weighted by molar-refractivity contribution is 0.295. The molecule has 1 aromatic rings. The molecule has 0 unspecified atom stereocenters. The standard InChI is InChI=1S/C12H21N3S2/c1-4-7-9-11(12(13)16)17-10(14-9)8-15(5-2)6-3/h4-8H2,1-3H3,(H2,13,16). The molecule has 17 heavy (non-hydrogen) atoms. The number of hydrogen-bond donors (Lipinski definition) is 1. The van der Waals surface area contributed by atoms with Crippen LogP contribution in [0.2, 0.25) is 0 Å². The van der Waals surface area contributed by atoms with E-state index in [1.807, 2.05) is 0 Å². The molecule has 0 radical (unpaired) electrons. The van der Waals surface area contributed by atoms with Gasteiger partial charge in [0.15, 0.2) is 0 Å². The van der Waals surface area contributed by atoms with Crippen LogP contribution in [0.3, 0.4) is 0 Å². The van der Waals surface area contributed by atoms with Gasteiger partial charge in [0.25, 0.3) is 0 Å². The zero-order chi connectivity index (χ0) is 12.8. The minimum absolute atomic E-state index is 0.483. The normalized spacial score (nSPS) is 11.1. The minimum atomic E-state index is 0.483. The molecule has 1 heterocycles. The van der Waals surface area contributed by atoms with Gasteiger partial charge in [-0.1, -0.05) is 39.4 Å². The van der Waals surface area contributed by atoms with Gasteiger partial charge in [-0.15, -0.1) is 11.3 Å². The monoisotopic (exact) mass is 271 g/mol. The number of rotatable bonds is 7. The number of aromatic nitrogens is 1. The van der Waals surface area contributed by atoms with E-state index in [9.17, 15) is 0 Å². The largest absolute Gasteiger partial charge is 0.389 e. The number of nitrogens with zero attached hydrogens (tertiary/aromatic N) is 2. The van der Waals surface area contributed by atoms with Crippen LogP contribution < -0.4 is 5.73 Å². The van der Waals surface area contributed by atoms with E-state index in [2.05, 4.69) is 30.7 Å². The van der Waals surface area contributed by atoms with Crippen molar-refractivity contribution in [1.29, 1.82) is 0 Å². The molecule has 0 bridgehead atoms. The van der Waals surface area contributed by atoms with E-state index in [4.69, 9.17) is 18.0 Å². The van der Waals surface area contributed by atoms with E-state index in [1.165, 1.54) is 0 Å². The molecule has 3 nitrogen and oxygen atoms in total. The topological polar surface area (TPSA) is 42.2 Å². The first kappa shape index (κ1) is 14.5. The zero-order valence-electron chi connectivity index (χ0n) is 10.8. The average Bonchev–Trinajstić information content (AvgIpc) is 2.69. The first-order valence-corrected chi connectivity index (χ1v) is 7.35. The van der Waals surface area contributed by atoms with Crippen molar-refractivity contribution in [2.75, 3.05) is 13.1 Å². The molecule has 96 valence electrons. The smallest absolute Gasteiger partial charge is 0.116 e. The Balaban J connectivity index is 2.87. The highest BCUT2D eigenvalue weighted by Crippen LogP contribution is 2.21. The summed E-state index contributed by atoms with van der Waals surface area (Å²) in [6.07, 6.45) is 2.03. The predicted octanol–water partition coefficient (Wildman–Crippen LogP) is 2.57. The van der Waals surface area contributed by atoms with E-state index in [-0.39, 0.29) is 0 Å². The lowest BCUT2D eigenvalue weighted by Gasteiger charge is -2.15. The zero-order valence-corrected chi connectivity index (χ0v) is 12.5. The van der Waals surface area contributed by atoms with Crippen LogP contribution in [-0.2, 0) is 13.0 Å². The van der Waals surface area contributed by atoms with Crippen molar-refractivity contribution >= 4 is 28.5 Å². The second-order valence-electron chi connectivity index (χ2n) is 3.96. The molecule has 5 heteroatoms. The van der Waals surface area contributed by atoms with Gasteiger partial charge in [-0.25, -0.2) is 4.98 Å². The van der Waals surface area contributed by atoms with Crippen LogP contribution >= 0.6 is 23.6 Å². The van der Waals surface area contributed by atoms with Gasteiger partial charge in [0, 0.05) is 0 Å². The van der Waals surface area contributed by atoms with Gasteiger partial charge in [-0.2, -0.15) is 0 Å². The highest BCUT2D eigenvalue weighted by Gasteiger charge is 2.14. The maximum absolute atomic E-state index is 5.74. The second kappa shape index (κ2) is 7.03. The molecule has 0 aliphatic heterocycles. The maximum atomic E-state index is 5.74. The summed E-state index contributed by atoms with van der Waals surface area (Å²) >= 11 is 6.73. The maximum Gasteiger partial charge on any atom is 0.116 e. The van der Waals surface area contributed by atoms with E-state index < -0.39 is 0 Å². The molecule has 0 amide bonds. The molecular weight excluding hydrogens is 250 g/mol. The van der Waals surface area contributed by atoms with Crippen LogP contribution in [0.5, 0.6) is 0 Å². The third-order valence-electron chi connectivity index (χ3n) is 2.71. The Bertz CT molecular complexity index is 370. The highest BCUT2D eigenvalue weighted by molar-refractivity contribution is 7.81. The van der Waals surface area contributed by atoms with Gasteiger partial charge in [-0.05, 0) is 19.5 Å². The summed E-state index contributed by atoms with van der Waals surface area (Å²) in [5.74, 6) is 0. The second-order valence-corrected chi connectivity index (χ2v) is 5.48. The molecule has 0 aliphatic rings. The molecule has 0 spiro atoms. The fourth-order valence-corrected chi connectivity index (χ4v) is 2.95. The fraction of sp³-hybridized carbons (Fsp3) is 0.667. The molecule has 0 atom stereocenters. The van der Waals surface area contributed by atoms with Crippen molar-refractivity contribution in [1.82, 2.24) is 9.88 Å². The van der Waals surface area contributed by atoms with E-state index in [1.54, 1.807) is 11.3 Å². The van der Waals surface area contributed by atoms with Gasteiger partial charge in [0.2, 0.25) is 0 Å². The molecule has 2 N–H and O–H groups in total. The first-order valence-electron chi connectivity index (χ1n) is 6.13. The third-order valence-corrected chi connectivity index (χ3v) is 4.15. The van der Waals surface area contributed by atoms with Crippen LogP contribution in [0.15, 0.2) is 0 Å². The minimum Gasteiger partial charge on any atom is -0.389 e. The van der Waals surface area contributed by atoms with E-state index in [0.29, 0.717) is 4.99 Å². The number of aryl methyl sites for hydroxylation is 1. The van der Waals surface area contributed by atoms with Gasteiger partial charge in [0.05, 0.1) is 17.1 Å². The Morgan fingerprint density at radius 2 is 2.00 bits per heavy atom. The Morgan fingerprint density at radius 1 is 1.35 bits per heavy atom. The summed E-state index contributed by atoms with van der Waals surface area (Å²) < 4.78 is 0.